The number of hydrogen-bond donors (Lipinski definition) is 0. The van der Waals surface area contributed by atoms with E-state index in [1.54, 1.807) is 13.8 Å². The van der Waals surface area contributed by atoms with Crippen molar-refractivity contribution in [1.82, 2.24) is 0 Å². The molecule has 2 nitrogen and oxygen atoms in total. The Labute approximate surface area is 127 Å². The van der Waals surface area contributed by atoms with Gasteiger partial charge in [-0.25, -0.2) is 12.2 Å². The van der Waals surface area contributed by atoms with Gasteiger partial charge in [0, 0.05) is 21.1 Å². The predicted octanol–water partition coefficient (Wildman–Crippen LogP) is 5.56. The van der Waals surface area contributed by atoms with Crippen LogP contribution in [0.15, 0.2) is 18.2 Å². The maximum Gasteiger partial charge on any atom is 0 e. The predicted molar refractivity (Wildman–Crippen MR) is 82.4 cm³/mol. The van der Waals surface area contributed by atoms with Gasteiger partial charge in [0.2, 0.25) is 0 Å². The first-order valence-electron chi connectivity index (χ1n) is 3.31. The second-order valence-electron chi connectivity index (χ2n) is 1.00. The molecule has 3 heteroatoms. The zero-order valence-corrected chi connectivity index (χ0v) is 15.6. The molecule has 1 aliphatic rings. The minimum atomic E-state index is 0. The molecular weight excluding hydrogens is 382 g/mol. The van der Waals surface area contributed by atoms with Crippen LogP contribution in [0.1, 0.15) is 20.3 Å². The molecule has 0 bridgehead atoms. The molecule has 1 aliphatic carbocycles. The van der Waals surface area contributed by atoms with Crippen molar-refractivity contribution in [3.8, 4) is 0 Å². The van der Waals surface area contributed by atoms with Crippen molar-refractivity contribution in [3.63, 3.8) is 0 Å². The van der Waals surface area contributed by atoms with E-state index < -0.39 is 0 Å². The van der Waals surface area contributed by atoms with Gasteiger partial charge in [-0.05, 0) is 0 Å². The molecule has 0 aliphatic heterocycles. The number of hydrogen-bond acceptors (Lipinski definition) is 1. The van der Waals surface area contributed by atoms with E-state index >= 15 is 0 Å². The summed E-state index contributed by atoms with van der Waals surface area (Å²) in [7, 11) is 0. The van der Waals surface area contributed by atoms with E-state index in [1.807, 2.05) is 12.2 Å². The van der Waals surface area contributed by atoms with Gasteiger partial charge in [-0.15, -0.1) is 6.42 Å². The quantitative estimate of drug-likeness (QED) is 0.481. The van der Waals surface area contributed by atoms with Crippen LogP contribution in [0.25, 0.3) is 5.59 Å². The van der Waals surface area contributed by atoms with Crippen molar-refractivity contribution >= 4 is 0 Å². The standard InChI is InChI=1S/C5H5.2C2H5.5CH3.NO.W/c1-2-4-5-3-1;2*1-2;;;;;;1-2;/h1-3H,4H2;2*1H2,2H3;5*1H3;;/q9*-1;. The van der Waals surface area contributed by atoms with Crippen LogP contribution in [0.5, 0.6) is 0 Å². The summed E-state index contributed by atoms with van der Waals surface area (Å²) in [6.07, 6.45) is 10.0. The average Bonchev–Trinajstić information content (AvgIpc) is 2.71. The van der Waals surface area contributed by atoms with Gasteiger partial charge in [-0.2, -0.15) is 19.9 Å². The summed E-state index contributed by atoms with van der Waals surface area (Å²) in [4.78, 5) is 7.25. The Kier molecular flexibility index (Phi) is 615. The van der Waals surface area contributed by atoms with E-state index in [2.05, 4.69) is 26.0 Å². The van der Waals surface area contributed by atoms with Crippen LogP contribution in [0.2, 0.25) is 0 Å². The second kappa shape index (κ2) is 151. The Hall–Kier alpha value is -0.232. The Morgan fingerprint density at radius 1 is 0.941 bits per heavy atom. The molecule has 0 unspecified atom stereocenters. The SMILES string of the molecule is [C-]1=CC=CC1.[CH2-]C.[CH2-]C.[CH3-].[CH3-].[CH3-].[CH3-].[CH3-].[N-]=O.[W]. The van der Waals surface area contributed by atoms with E-state index in [4.69, 9.17) is 10.5 Å². The first-order valence-corrected chi connectivity index (χ1v) is 3.31. The Morgan fingerprint density at radius 2 is 1.24 bits per heavy atom. The fraction of sp³-hybridized carbons (Fsp3) is 0.214. The third kappa shape index (κ3) is 131. The Morgan fingerprint density at radius 3 is 1.29 bits per heavy atom. The summed E-state index contributed by atoms with van der Waals surface area (Å²) in [6.45, 7) is 10.0. The molecule has 112 valence electrons. The zero-order valence-electron chi connectivity index (χ0n) is 12.6. The molecule has 0 spiro atoms. The third-order valence-electron chi connectivity index (χ3n) is 0.586. The topological polar surface area (TPSA) is 39.4 Å². The maximum absolute atomic E-state index is 7.25. The van der Waals surface area contributed by atoms with E-state index in [0.717, 1.165) is 6.42 Å². The minimum Gasteiger partial charge on any atom is -0.577 e. The van der Waals surface area contributed by atoms with E-state index in [0.29, 0.717) is 0 Å². The molecule has 0 atom stereocenters. The maximum atomic E-state index is 7.25. The van der Waals surface area contributed by atoms with Gasteiger partial charge in [0.05, 0.1) is 0 Å². The molecule has 0 saturated heterocycles. The van der Waals surface area contributed by atoms with Crippen molar-refractivity contribution in [1.29, 1.82) is 0 Å². The molecule has 0 amide bonds. The van der Waals surface area contributed by atoms with Crippen LogP contribution in [-0.4, -0.2) is 0 Å². The first kappa shape index (κ1) is 69.1. The summed E-state index contributed by atoms with van der Waals surface area (Å²) in [5.74, 6) is 0. The van der Waals surface area contributed by atoms with Crippen molar-refractivity contribution < 1.29 is 21.1 Å². The van der Waals surface area contributed by atoms with Crippen LogP contribution in [0.4, 0.5) is 0 Å². The van der Waals surface area contributed by atoms with Gasteiger partial charge in [0.1, 0.15) is 0 Å². The molecule has 0 fully saturated rings. The summed E-state index contributed by atoms with van der Waals surface area (Å²) >= 11 is 0. The molecule has 0 heterocycles. The largest absolute Gasteiger partial charge is 0.577 e. The van der Waals surface area contributed by atoms with E-state index in [9.17, 15) is 0 Å². The summed E-state index contributed by atoms with van der Waals surface area (Å²) < 4.78 is 0. The van der Waals surface area contributed by atoms with Crippen LogP contribution in [-0.2, 0) is 21.1 Å². The summed E-state index contributed by atoms with van der Waals surface area (Å²) in [5.41, 5.74) is 5.75. The third-order valence-corrected chi connectivity index (χ3v) is 0.586. The van der Waals surface area contributed by atoms with Crippen LogP contribution < -0.4 is 0 Å². The van der Waals surface area contributed by atoms with Gasteiger partial charge in [0.25, 0.3) is 0 Å². The molecule has 0 aromatic rings. The monoisotopic (exact) mass is 412 g/mol. The minimum absolute atomic E-state index is 0. The van der Waals surface area contributed by atoms with Crippen LogP contribution in [0.3, 0.4) is 0 Å². The van der Waals surface area contributed by atoms with Gasteiger partial charge >= 0.3 is 0 Å². The number of nitrogens with zero attached hydrogens (tertiary/aromatic N) is 1. The van der Waals surface area contributed by atoms with Crippen LogP contribution >= 0.6 is 0 Å². The fourth-order valence-electron chi connectivity index (χ4n) is 0.340. The summed E-state index contributed by atoms with van der Waals surface area (Å²) in [5, 5.41) is 0. The second-order valence-corrected chi connectivity index (χ2v) is 1.00. The molecule has 0 aromatic heterocycles. The van der Waals surface area contributed by atoms with Crippen molar-refractivity contribution in [3.05, 3.63) is 85.8 Å². The van der Waals surface area contributed by atoms with Crippen molar-refractivity contribution in [2.24, 2.45) is 0 Å². The number of nitroso groups, excluding NO2 is 1. The first-order chi connectivity index (χ1) is 5.50. The molecule has 0 saturated carbocycles. The van der Waals surface area contributed by atoms with E-state index in [1.165, 1.54) is 0 Å². The van der Waals surface area contributed by atoms with Gasteiger partial charge in [-0.3, -0.25) is 6.08 Å². The fourth-order valence-corrected chi connectivity index (χ4v) is 0.340. The smallest absolute Gasteiger partial charge is 0 e. The van der Waals surface area contributed by atoms with Crippen molar-refractivity contribution in [2.45, 2.75) is 20.3 Å². The molecule has 0 radical (unpaired) electrons. The van der Waals surface area contributed by atoms with E-state index in [-0.39, 0.29) is 58.2 Å². The van der Waals surface area contributed by atoms with Gasteiger partial charge in [-0.1, -0.05) is 0 Å². The molecule has 17 heavy (non-hydrogen) atoms. The number of rotatable bonds is 0. The van der Waals surface area contributed by atoms with Crippen LogP contribution in [0, 0.1) is 62.0 Å². The average molecular weight is 412 g/mol. The van der Waals surface area contributed by atoms with Crippen molar-refractivity contribution in [2.75, 3.05) is 0 Å². The molecular formula is C14H30NOW-9. The molecule has 0 N–H and O–H groups in total. The summed E-state index contributed by atoms with van der Waals surface area (Å²) in [6, 6.07) is 0. The number of allylic oxidation sites excluding steroid dienone is 4. The zero-order chi connectivity index (χ0) is 9.54. The molecule has 1 rings (SSSR count). The molecule has 0 aromatic carbocycles. The van der Waals surface area contributed by atoms with Gasteiger partial charge in [0.15, 0.2) is 0 Å². The van der Waals surface area contributed by atoms with Gasteiger partial charge < -0.3 is 61.5 Å². The Bertz CT molecular complexity index is 84.2. The Balaban J connectivity index is -0.00000000705. The normalized spacial score (nSPS) is 6.12.